The summed E-state index contributed by atoms with van der Waals surface area (Å²) >= 11 is 0. The largest absolute Gasteiger partial charge is 0.504 e. The Labute approximate surface area is 137 Å². The van der Waals surface area contributed by atoms with Crippen LogP contribution in [0.3, 0.4) is 0 Å². The first kappa shape index (κ1) is 15.6. The van der Waals surface area contributed by atoms with Gasteiger partial charge in [0.05, 0.1) is 16.3 Å². The maximum absolute atomic E-state index is 10.8. The predicted octanol–water partition coefficient (Wildman–Crippen LogP) is 4.49. The van der Waals surface area contributed by atoms with Crippen molar-refractivity contribution in [2.75, 3.05) is 0 Å². The van der Waals surface area contributed by atoms with Gasteiger partial charge in [-0.25, -0.2) is 4.98 Å². The zero-order valence-corrected chi connectivity index (χ0v) is 13.1. The highest BCUT2D eigenvalue weighted by Gasteiger charge is 2.17. The molecule has 0 unspecified atom stereocenters. The maximum atomic E-state index is 10.8. The Bertz CT molecular complexity index is 946. The van der Waals surface area contributed by atoms with Crippen molar-refractivity contribution in [1.29, 1.82) is 0 Å². The van der Waals surface area contributed by atoms with Crippen LogP contribution < -0.4 is 0 Å². The quantitative estimate of drug-likeness (QED) is 0.433. The molecule has 0 fully saturated rings. The molecule has 0 amide bonds. The Morgan fingerprint density at radius 2 is 2.04 bits per heavy atom. The lowest BCUT2D eigenvalue weighted by Gasteiger charge is -2.01. The lowest BCUT2D eigenvalue weighted by atomic mass is 10.1. The lowest BCUT2D eigenvalue weighted by molar-refractivity contribution is -0.384. The van der Waals surface area contributed by atoms with Crippen molar-refractivity contribution in [3.8, 4) is 5.75 Å². The highest BCUT2D eigenvalue weighted by atomic mass is 16.6. The third-order valence-corrected chi connectivity index (χ3v) is 3.48. The molecule has 3 aromatic rings. The van der Waals surface area contributed by atoms with Crippen LogP contribution in [0.2, 0.25) is 0 Å². The van der Waals surface area contributed by atoms with E-state index in [1.807, 2.05) is 13.8 Å². The molecule has 0 saturated carbocycles. The molecule has 0 saturated heterocycles. The molecule has 3 rings (SSSR count). The minimum Gasteiger partial charge on any atom is -0.504 e. The number of fused-ring (bicyclic) bond motifs is 1. The molecule has 0 spiro atoms. The number of hydrogen-bond donors (Lipinski definition) is 1. The molecule has 8 nitrogen and oxygen atoms in total. The number of imidazole rings is 1. The van der Waals surface area contributed by atoms with E-state index in [2.05, 4.69) is 15.2 Å². The van der Waals surface area contributed by atoms with Gasteiger partial charge in [0.2, 0.25) is 0 Å². The van der Waals surface area contributed by atoms with Gasteiger partial charge in [-0.1, -0.05) is 19.9 Å². The van der Waals surface area contributed by atoms with Gasteiger partial charge >= 0.3 is 0 Å². The van der Waals surface area contributed by atoms with E-state index in [4.69, 9.17) is 0 Å². The molecule has 122 valence electrons. The average molecular weight is 325 g/mol. The zero-order valence-electron chi connectivity index (χ0n) is 13.1. The van der Waals surface area contributed by atoms with Gasteiger partial charge in [0.15, 0.2) is 17.2 Å². The van der Waals surface area contributed by atoms with E-state index in [0.29, 0.717) is 22.8 Å². The summed E-state index contributed by atoms with van der Waals surface area (Å²) in [6.07, 6.45) is 1.73. The Kier molecular flexibility index (Phi) is 3.95. The molecule has 1 N–H and O–H groups in total. The summed E-state index contributed by atoms with van der Waals surface area (Å²) in [5.74, 6) is 0.613. The first-order valence-corrected chi connectivity index (χ1v) is 7.33. The molecule has 2 aromatic heterocycles. The van der Waals surface area contributed by atoms with Gasteiger partial charge in [0.1, 0.15) is 0 Å². The van der Waals surface area contributed by atoms with E-state index in [0.717, 1.165) is 0 Å². The number of azo groups is 1. The van der Waals surface area contributed by atoms with Crippen molar-refractivity contribution in [3.05, 3.63) is 58.4 Å². The molecular weight excluding hydrogens is 310 g/mol. The SMILES string of the molecule is CC(C)c1nc2c(O)cccn2c1N=Nc1cccc([N+](=O)[O-])c1. The van der Waals surface area contributed by atoms with Gasteiger partial charge in [-0.05, 0) is 24.1 Å². The maximum Gasteiger partial charge on any atom is 0.271 e. The topological polar surface area (TPSA) is 105 Å². The highest BCUT2D eigenvalue weighted by Crippen LogP contribution is 2.32. The van der Waals surface area contributed by atoms with Crippen LogP contribution in [0.5, 0.6) is 5.75 Å². The van der Waals surface area contributed by atoms with Gasteiger partial charge < -0.3 is 5.11 Å². The Morgan fingerprint density at radius 1 is 1.25 bits per heavy atom. The number of nitrogens with zero attached hydrogens (tertiary/aromatic N) is 5. The first-order chi connectivity index (χ1) is 11.5. The summed E-state index contributed by atoms with van der Waals surface area (Å²) in [5.41, 5.74) is 1.40. The van der Waals surface area contributed by atoms with Gasteiger partial charge in [-0.2, -0.15) is 0 Å². The van der Waals surface area contributed by atoms with Crippen LogP contribution in [0.4, 0.5) is 17.2 Å². The zero-order chi connectivity index (χ0) is 17.3. The third kappa shape index (κ3) is 2.81. The molecule has 0 aliphatic rings. The average Bonchev–Trinajstić information content (AvgIpc) is 2.93. The number of aromatic hydroxyl groups is 1. The van der Waals surface area contributed by atoms with Gasteiger partial charge in [-0.15, -0.1) is 10.2 Å². The summed E-state index contributed by atoms with van der Waals surface area (Å²) in [5, 5.41) is 29.1. The highest BCUT2D eigenvalue weighted by molar-refractivity contribution is 5.60. The van der Waals surface area contributed by atoms with Crippen LogP contribution in [0, 0.1) is 10.1 Å². The number of nitro groups is 1. The summed E-state index contributed by atoms with van der Waals surface area (Å²) < 4.78 is 1.64. The monoisotopic (exact) mass is 325 g/mol. The standard InChI is InChI=1S/C16H15N5O3/c1-10(2)14-16(20-8-4-7-13(22)15(20)17-14)19-18-11-5-3-6-12(9-11)21(23)24/h3-10,22H,1-2H3. The fourth-order valence-corrected chi connectivity index (χ4v) is 2.32. The van der Waals surface area contributed by atoms with Crippen molar-refractivity contribution in [1.82, 2.24) is 9.38 Å². The van der Waals surface area contributed by atoms with Crippen LogP contribution >= 0.6 is 0 Å². The molecule has 2 heterocycles. The van der Waals surface area contributed by atoms with E-state index in [9.17, 15) is 15.2 Å². The fourth-order valence-electron chi connectivity index (χ4n) is 2.32. The third-order valence-electron chi connectivity index (χ3n) is 3.48. The van der Waals surface area contributed by atoms with Crippen LogP contribution in [-0.4, -0.2) is 19.4 Å². The number of aromatic nitrogens is 2. The number of non-ortho nitro benzene ring substituents is 1. The Morgan fingerprint density at radius 3 is 2.75 bits per heavy atom. The van der Waals surface area contributed by atoms with E-state index in [1.54, 1.807) is 34.9 Å². The van der Waals surface area contributed by atoms with Crippen molar-refractivity contribution in [2.24, 2.45) is 10.2 Å². The fraction of sp³-hybridized carbons (Fsp3) is 0.188. The minimum atomic E-state index is -0.481. The summed E-state index contributed by atoms with van der Waals surface area (Å²) in [6, 6.07) is 9.15. The Balaban J connectivity index is 2.09. The van der Waals surface area contributed by atoms with E-state index < -0.39 is 4.92 Å². The summed E-state index contributed by atoms with van der Waals surface area (Å²) in [6.45, 7) is 3.93. The first-order valence-electron chi connectivity index (χ1n) is 7.33. The molecule has 8 heteroatoms. The van der Waals surface area contributed by atoms with Crippen LogP contribution in [0.15, 0.2) is 52.8 Å². The van der Waals surface area contributed by atoms with Crippen LogP contribution in [-0.2, 0) is 0 Å². The molecule has 0 bridgehead atoms. The predicted molar refractivity (Wildman–Crippen MR) is 88.2 cm³/mol. The van der Waals surface area contributed by atoms with E-state index in [-0.39, 0.29) is 17.4 Å². The second-order valence-electron chi connectivity index (χ2n) is 5.54. The molecular formula is C16H15N5O3. The van der Waals surface area contributed by atoms with Crippen molar-refractivity contribution in [2.45, 2.75) is 19.8 Å². The summed E-state index contributed by atoms with van der Waals surface area (Å²) in [4.78, 5) is 14.8. The number of benzene rings is 1. The molecule has 0 aliphatic heterocycles. The molecule has 0 aliphatic carbocycles. The lowest BCUT2D eigenvalue weighted by Crippen LogP contribution is -1.88. The molecule has 0 radical (unpaired) electrons. The smallest absolute Gasteiger partial charge is 0.271 e. The van der Waals surface area contributed by atoms with Crippen molar-refractivity contribution in [3.63, 3.8) is 0 Å². The number of pyridine rings is 1. The Hall–Kier alpha value is -3.29. The normalized spacial score (nSPS) is 11.6. The molecule has 0 atom stereocenters. The summed E-state index contributed by atoms with van der Waals surface area (Å²) in [7, 11) is 0. The van der Waals surface area contributed by atoms with E-state index in [1.165, 1.54) is 12.1 Å². The number of rotatable bonds is 4. The number of hydrogen-bond acceptors (Lipinski definition) is 6. The van der Waals surface area contributed by atoms with Crippen LogP contribution in [0.1, 0.15) is 25.5 Å². The molecule has 1 aromatic carbocycles. The number of nitro benzene ring substituents is 1. The second kappa shape index (κ2) is 6.07. The van der Waals surface area contributed by atoms with Crippen LogP contribution in [0.25, 0.3) is 5.65 Å². The van der Waals surface area contributed by atoms with Gasteiger partial charge in [0.25, 0.3) is 5.69 Å². The van der Waals surface area contributed by atoms with Gasteiger partial charge in [-0.3, -0.25) is 14.5 Å². The minimum absolute atomic E-state index is 0.0497. The second-order valence-corrected chi connectivity index (χ2v) is 5.54. The molecule has 24 heavy (non-hydrogen) atoms. The van der Waals surface area contributed by atoms with Crippen molar-refractivity contribution < 1.29 is 10.0 Å². The van der Waals surface area contributed by atoms with Gasteiger partial charge in [0, 0.05) is 18.3 Å². The van der Waals surface area contributed by atoms with Crippen molar-refractivity contribution >= 4 is 22.8 Å². The van der Waals surface area contributed by atoms with E-state index >= 15 is 0 Å².